The molecule has 2 amide bonds. The van der Waals surface area contributed by atoms with Crippen molar-refractivity contribution in [3.63, 3.8) is 0 Å². The van der Waals surface area contributed by atoms with Gasteiger partial charge in [-0.2, -0.15) is 0 Å². The highest BCUT2D eigenvalue weighted by atomic mass is 79.9. The van der Waals surface area contributed by atoms with Gasteiger partial charge in [0.15, 0.2) is 0 Å². The summed E-state index contributed by atoms with van der Waals surface area (Å²) in [6, 6.07) is 15.3. The Bertz CT molecular complexity index is 714. The van der Waals surface area contributed by atoms with Crippen molar-refractivity contribution in [3.8, 4) is 0 Å². The molecule has 24 heavy (non-hydrogen) atoms. The summed E-state index contributed by atoms with van der Waals surface area (Å²) in [6.45, 7) is 2.78. The van der Waals surface area contributed by atoms with E-state index in [0.29, 0.717) is 18.7 Å². The largest absolute Gasteiger partial charge is 0.352 e. The molecular formula is C19H21BrN2O2. The van der Waals surface area contributed by atoms with Crippen molar-refractivity contribution < 1.29 is 9.59 Å². The first-order valence-corrected chi connectivity index (χ1v) is 8.59. The number of hydrogen-bond acceptors (Lipinski definition) is 2. The van der Waals surface area contributed by atoms with Gasteiger partial charge in [-0.3, -0.25) is 9.59 Å². The summed E-state index contributed by atoms with van der Waals surface area (Å²) in [6.07, 6.45) is 0.282. The number of amides is 2. The van der Waals surface area contributed by atoms with E-state index >= 15 is 0 Å². The van der Waals surface area contributed by atoms with Crippen LogP contribution in [0.1, 0.15) is 27.9 Å². The monoisotopic (exact) mass is 388 g/mol. The summed E-state index contributed by atoms with van der Waals surface area (Å²) in [7, 11) is 1.77. The number of nitrogens with zero attached hydrogens (tertiary/aromatic N) is 1. The maximum absolute atomic E-state index is 12.2. The molecule has 0 saturated heterocycles. The average Bonchev–Trinajstić information content (AvgIpc) is 2.57. The zero-order valence-electron chi connectivity index (χ0n) is 13.9. The van der Waals surface area contributed by atoms with Crippen LogP contribution in [0.4, 0.5) is 0 Å². The molecule has 2 aromatic rings. The normalized spacial score (nSPS) is 10.3. The zero-order chi connectivity index (χ0) is 17.5. The van der Waals surface area contributed by atoms with Gasteiger partial charge in [0.1, 0.15) is 0 Å². The molecule has 2 aromatic carbocycles. The Kier molecular flexibility index (Phi) is 6.55. The van der Waals surface area contributed by atoms with Gasteiger partial charge in [0.25, 0.3) is 5.91 Å². The van der Waals surface area contributed by atoms with Gasteiger partial charge in [0.05, 0.1) is 0 Å². The summed E-state index contributed by atoms with van der Waals surface area (Å²) in [5.74, 6) is -0.139. The fourth-order valence-electron chi connectivity index (χ4n) is 2.35. The molecule has 0 heterocycles. The van der Waals surface area contributed by atoms with Crippen molar-refractivity contribution in [1.82, 2.24) is 10.2 Å². The maximum atomic E-state index is 12.2. The van der Waals surface area contributed by atoms with Crippen molar-refractivity contribution in [2.24, 2.45) is 0 Å². The van der Waals surface area contributed by atoms with Crippen LogP contribution >= 0.6 is 15.9 Å². The first kappa shape index (κ1) is 18.2. The van der Waals surface area contributed by atoms with Gasteiger partial charge < -0.3 is 10.2 Å². The number of nitrogens with one attached hydrogen (secondary N) is 1. The molecule has 0 spiro atoms. The molecule has 2 rings (SSSR count). The lowest BCUT2D eigenvalue weighted by molar-refractivity contribution is -0.130. The Morgan fingerprint density at radius 3 is 2.42 bits per heavy atom. The van der Waals surface area contributed by atoms with Crippen molar-refractivity contribution in [1.29, 1.82) is 0 Å². The van der Waals surface area contributed by atoms with E-state index in [1.807, 2.05) is 49.4 Å². The Balaban J connectivity index is 1.79. The highest BCUT2D eigenvalue weighted by Gasteiger charge is 2.11. The van der Waals surface area contributed by atoms with E-state index in [9.17, 15) is 9.59 Å². The minimum absolute atomic E-state index is 0.00278. The lowest BCUT2D eigenvalue weighted by Crippen LogP contribution is -2.32. The third-order valence-electron chi connectivity index (χ3n) is 3.77. The van der Waals surface area contributed by atoms with E-state index in [1.165, 1.54) is 0 Å². The number of hydrogen-bond donors (Lipinski definition) is 1. The fraction of sp³-hybridized carbons (Fsp3) is 0.263. The quantitative estimate of drug-likeness (QED) is 0.822. The Morgan fingerprint density at radius 2 is 1.75 bits per heavy atom. The van der Waals surface area contributed by atoms with Crippen LogP contribution in [-0.2, 0) is 11.3 Å². The molecular weight excluding hydrogens is 368 g/mol. The van der Waals surface area contributed by atoms with Gasteiger partial charge in [0, 0.05) is 36.6 Å². The average molecular weight is 389 g/mol. The van der Waals surface area contributed by atoms with Crippen LogP contribution in [0, 0.1) is 6.92 Å². The van der Waals surface area contributed by atoms with Crippen LogP contribution in [0.2, 0.25) is 0 Å². The molecule has 0 aliphatic carbocycles. The van der Waals surface area contributed by atoms with E-state index in [1.54, 1.807) is 18.0 Å². The molecule has 0 atom stereocenters. The topological polar surface area (TPSA) is 49.4 Å². The smallest absolute Gasteiger partial charge is 0.251 e. The maximum Gasteiger partial charge on any atom is 0.251 e. The van der Waals surface area contributed by atoms with E-state index in [0.717, 1.165) is 15.6 Å². The lowest BCUT2D eigenvalue weighted by atomic mass is 10.1. The molecule has 5 heteroatoms. The van der Waals surface area contributed by atoms with Crippen LogP contribution in [-0.4, -0.2) is 30.3 Å². The Hall–Kier alpha value is -2.14. The minimum Gasteiger partial charge on any atom is -0.352 e. The molecule has 0 saturated carbocycles. The molecule has 126 valence electrons. The molecule has 1 N–H and O–H groups in total. The standard InChI is InChI=1S/C19H21BrN2O2/c1-14-5-3-4-6-17(14)19(24)21-12-11-18(23)22(2)13-15-7-9-16(20)10-8-15/h3-10H,11-13H2,1-2H3,(H,21,24). The molecule has 0 aromatic heterocycles. The lowest BCUT2D eigenvalue weighted by Gasteiger charge is -2.17. The molecule has 0 aliphatic heterocycles. The SMILES string of the molecule is Cc1ccccc1C(=O)NCCC(=O)N(C)Cc1ccc(Br)cc1. The van der Waals surface area contributed by atoms with E-state index in [4.69, 9.17) is 0 Å². The molecule has 0 fully saturated rings. The van der Waals surface area contributed by atoms with Gasteiger partial charge in [-0.05, 0) is 36.2 Å². The van der Waals surface area contributed by atoms with Crippen LogP contribution < -0.4 is 5.32 Å². The highest BCUT2D eigenvalue weighted by molar-refractivity contribution is 9.10. The predicted octanol–water partition coefficient (Wildman–Crippen LogP) is 3.54. The summed E-state index contributed by atoms with van der Waals surface area (Å²) in [5.41, 5.74) is 2.64. The first-order valence-electron chi connectivity index (χ1n) is 7.79. The van der Waals surface area contributed by atoms with Crippen LogP contribution in [0.3, 0.4) is 0 Å². The number of carbonyl (C=O) groups excluding carboxylic acids is 2. The van der Waals surface area contributed by atoms with Crippen molar-refractivity contribution >= 4 is 27.7 Å². The second kappa shape index (κ2) is 8.64. The number of rotatable bonds is 6. The zero-order valence-corrected chi connectivity index (χ0v) is 15.5. The minimum atomic E-state index is -0.142. The number of halogens is 1. The fourth-order valence-corrected chi connectivity index (χ4v) is 2.61. The predicted molar refractivity (Wildman–Crippen MR) is 98.7 cm³/mol. The number of aryl methyl sites for hydroxylation is 1. The molecule has 0 aliphatic rings. The van der Waals surface area contributed by atoms with Gasteiger partial charge in [-0.15, -0.1) is 0 Å². The molecule has 0 unspecified atom stereocenters. The van der Waals surface area contributed by atoms with Gasteiger partial charge in [-0.25, -0.2) is 0 Å². The van der Waals surface area contributed by atoms with Crippen molar-refractivity contribution in [2.45, 2.75) is 19.9 Å². The summed E-state index contributed by atoms with van der Waals surface area (Å²) < 4.78 is 1.01. The van der Waals surface area contributed by atoms with E-state index < -0.39 is 0 Å². The Labute approximate surface area is 151 Å². The number of carbonyl (C=O) groups is 2. The van der Waals surface area contributed by atoms with Crippen LogP contribution in [0.25, 0.3) is 0 Å². The highest BCUT2D eigenvalue weighted by Crippen LogP contribution is 2.12. The first-order chi connectivity index (χ1) is 11.5. The third kappa shape index (κ3) is 5.20. The van der Waals surface area contributed by atoms with E-state index in [-0.39, 0.29) is 18.2 Å². The number of benzene rings is 2. The molecule has 0 bridgehead atoms. The Morgan fingerprint density at radius 1 is 1.08 bits per heavy atom. The summed E-state index contributed by atoms with van der Waals surface area (Å²) >= 11 is 3.39. The second-order valence-corrected chi connectivity index (χ2v) is 6.61. The van der Waals surface area contributed by atoms with Gasteiger partial charge in [-0.1, -0.05) is 46.3 Å². The third-order valence-corrected chi connectivity index (χ3v) is 4.30. The van der Waals surface area contributed by atoms with Crippen molar-refractivity contribution in [3.05, 3.63) is 69.7 Å². The van der Waals surface area contributed by atoms with Crippen LogP contribution in [0.15, 0.2) is 53.0 Å². The second-order valence-electron chi connectivity index (χ2n) is 5.70. The van der Waals surface area contributed by atoms with Gasteiger partial charge >= 0.3 is 0 Å². The summed E-state index contributed by atoms with van der Waals surface area (Å²) in [5, 5.41) is 2.80. The summed E-state index contributed by atoms with van der Waals surface area (Å²) in [4.78, 5) is 25.9. The molecule has 4 nitrogen and oxygen atoms in total. The van der Waals surface area contributed by atoms with Crippen LogP contribution in [0.5, 0.6) is 0 Å². The van der Waals surface area contributed by atoms with Gasteiger partial charge in [0.2, 0.25) is 5.91 Å². The van der Waals surface area contributed by atoms with E-state index in [2.05, 4.69) is 21.2 Å². The molecule has 0 radical (unpaired) electrons. The van der Waals surface area contributed by atoms with Crippen molar-refractivity contribution in [2.75, 3.05) is 13.6 Å².